The van der Waals surface area contributed by atoms with Crippen molar-refractivity contribution in [2.24, 2.45) is 5.41 Å². The summed E-state index contributed by atoms with van der Waals surface area (Å²) in [5.41, 5.74) is 3.00. The van der Waals surface area contributed by atoms with E-state index in [0.29, 0.717) is 17.8 Å². The third-order valence-corrected chi connectivity index (χ3v) is 3.57. The molecular weight excluding hydrogens is 300 g/mol. The average molecular weight is 324 g/mol. The summed E-state index contributed by atoms with van der Waals surface area (Å²) in [7, 11) is 0. The topological polar surface area (TPSA) is 58.2 Å². The first kappa shape index (κ1) is 17.7. The first-order valence-corrected chi connectivity index (χ1v) is 8.01. The number of anilines is 2. The van der Waals surface area contributed by atoms with Crippen LogP contribution in [0.3, 0.4) is 0 Å². The third-order valence-electron chi connectivity index (χ3n) is 3.57. The lowest BCUT2D eigenvalue weighted by Gasteiger charge is -2.18. The van der Waals surface area contributed by atoms with Crippen LogP contribution >= 0.6 is 0 Å². The summed E-state index contributed by atoms with van der Waals surface area (Å²) in [5.74, 6) is -0.149. The van der Waals surface area contributed by atoms with Gasteiger partial charge in [0.25, 0.3) is 0 Å². The van der Waals surface area contributed by atoms with Gasteiger partial charge >= 0.3 is 0 Å². The van der Waals surface area contributed by atoms with Crippen molar-refractivity contribution in [1.82, 2.24) is 0 Å². The lowest BCUT2D eigenvalue weighted by atomic mass is 9.95. The van der Waals surface area contributed by atoms with E-state index in [1.807, 2.05) is 52.0 Å². The second-order valence-electron chi connectivity index (χ2n) is 7.00. The van der Waals surface area contributed by atoms with Crippen molar-refractivity contribution in [2.45, 2.75) is 34.1 Å². The summed E-state index contributed by atoms with van der Waals surface area (Å²) in [6, 6.07) is 15.1. The van der Waals surface area contributed by atoms with Crippen molar-refractivity contribution in [3.63, 3.8) is 0 Å². The van der Waals surface area contributed by atoms with Crippen LogP contribution in [0.1, 0.15) is 31.9 Å². The third kappa shape index (κ3) is 5.23. The molecule has 0 radical (unpaired) electrons. The zero-order valence-electron chi connectivity index (χ0n) is 14.6. The molecule has 0 aliphatic carbocycles. The van der Waals surface area contributed by atoms with Crippen molar-refractivity contribution >= 4 is 23.2 Å². The molecule has 2 rings (SSSR count). The van der Waals surface area contributed by atoms with Gasteiger partial charge in [0.05, 0.1) is 6.42 Å². The number of rotatable bonds is 4. The van der Waals surface area contributed by atoms with E-state index < -0.39 is 5.41 Å². The number of carbonyl (C=O) groups excluding carboxylic acids is 2. The van der Waals surface area contributed by atoms with Crippen molar-refractivity contribution in [2.75, 3.05) is 10.6 Å². The first-order chi connectivity index (χ1) is 11.2. The molecule has 2 aromatic rings. The molecule has 2 aromatic carbocycles. The molecule has 2 N–H and O–H groups in total. The SMILES string of the molecule is Cc1ccc(CC(=O)Nc2cccc(NC(=O)C(C)(C)C)c2)cc1. The van der Waals surface area contributed by atoms with E-state index in [1.54, 1.807) is 24.3 Å². The second kappa shape index (κ2) is 7.30. The van der Waals surface area contributed by atoms with Gasteiger partial charge < -0.3 is 10.6 Å². The molecule has 0 aliphatic heterocycles. The number of nitrogens with one attached hydrogen (secondary N) is 2. The highest BCUT2D eigenvalue weighted by atomic mass is 16.2. The molecule has 4 heteroatoms. The molecule has 0 bridgehead atoms. The molecule has 0 unspecified atom stereocenters. The van der Waals surface area contributed by atoms with Crippen LogP contribution < -0.4 is 10.6 Å². The maximum Gasteiger partial charge on any atom is 0.229 e. The van der Waals surface area contributed by atoms with Gasteiger partial charge in [0, 0.05) is 16.8 Å². The smallest absolute Gasteiger partial charge is 0.229 e. The van der Waals surface area contributed by atoms with Gasteiger partial charge in [-0.05, 0) is 30.7 Å². The highest BCUT2D eigenvalue weighted by Crippen LogP contribution is 2.20. The van der Waals surface area contributed by atoms with Crippen LogP contribution in [0.15, 0.2) is 48.5 Å². The van der Waals surface area contributed by atoms with Gasteiger partial charge in [0.1, 0.15) is 0 Å². The van der Waals surface area contributed by atoms with Gasteiger partial charge in [0.2, 0.25) is 11.8 Å². The maximum atomic E-state index is 12.2. The van der Waals surface area contributed by atoms with Crippen LogP contribution in [-0.4, -0.2) is 11.8 Å². The van der Waals surface area contributed by atoms with Gasteiger partial charge in [-0.25, -0.2) is 0 Å². The number of benzene rings is 2. The van der Waals surface area contributed by atoms with Gasteiger partial charge in [0.15, 0.2) is 0 Å². The molecule has 0 spiro atoms. The normalized spacial score (nSPS) is 11.0. The zero-order chi connectivity index (χ0) is 17.7. The minimum absolute atomic E-state index is 0.0642. The van der Waals surface area contributed by atoms with Crippen LogP contribution in [0.25, 0.3) is 0 Å². The summed E-state index contributed by atoms with van der Waals surface area (Å²) in [6.45, 7) is 7.59. The molecule has 0 heterocycles. The molecule has 0 aliphatic rings. The molecule has 2 amide bonds. The summed E-state index contributed by atoms with van der Waals surface area (Å²) in [4.78, 5) is 24.2. The second-order valence-corrected chi connectivity index (χ2v) is 7.00. The zero-order valence-corrected chi connectivity index (χ0v) is 14.6. The Labute approximate surface area is 143 Å². The van der Waals surface area contributed by atoms with Crippen LogP contribution in [0.4, 0.5) is 11.4 Å². The van der Waals surface area contributed by atoms with Crippen LogP contribution in [-0.2, 0) is 16.0 Å². The standard InChI is InChI=1S/C20H24N2O2/c1-14-8-10-15(11-9-14)12-18(23)21-16-6-5-7-17(13-16)22-19(24)20(2,3)4/h5-11,13H,12H2,1-4H3,(H,21,23)(H,22,24). The van der Waals surface area contributed by atoms with Gasteiger partial charge in [-0.1, -0.05) is 56.7 Å². The van der Waals surface area contributed by atoms with E-state index in [9.17, 15) is 9.59 Å². The summed E-state index contributed by atoms with van der Waals surface area (Å²) < 4.78 is 0. The largest absolute Gasteiger partial charge is 0.326 e. The number of hydrogen-bond donors (Lipinski definition) is 2. The molecule has 0 saturated heterocycles. The monoisotopic (exact) mass is 324 g/mol. The van der Waals surface area contributed by atoms with Gasteiger partial charge in [-0.3, -0.25) is 9.59 Å². The van der Waals surface area contributed by atoms with Crippen LogP contribution in [0, 0.1) is 12.3 Å². The fraction of sp³-hybridized carbons (Fsp3) is 0.300. The Bertz CT molecular complexity index is 728. The van der Waals surface area contributed by atoms with Crippen LogP contribution in [0.5, 0.6) is 0 Å². The van der Waals surface area contributed by atoms with Crippen molar-refractivity contribution in [3.8, 4) is 0 Å². The quantitative estimate of drug-likeness (QED) is 0.887. The Morgan fingerprint density at radius 2 is 1.50 bits per heavy atom. The summed E-state index contributed by atoms with van der Waals surface area (Å²) in [6.07, 6.45) is 0.318. The van der Waals surface area contributed by atoms with E-state index in [1.165, 1.54) is 5.56 Å². The van der Waals surface area contributed by atoms with E-state index in [2.05, 4.69) is 10.6 Å². The Balaban J connectivity index is 1.99. The predicted octanol–water partition coefficient (Wildman–Crippen LogP) is 4.16. The van der Waals surface area contributed by atoms with Crippen molar-refractivity contribution < 1.29 is 9.59 Å². The Morgan fingerprint density at radius 3 is 2.08 bits per heavy atom. The molecule has 0 saturated carbocycles. The molecule has 0 fully saturated rings. The van der Waals surface area contributed by atoms with E-state index in [4.69, 9.17) is 0 Å². The fourth-order valence-electron chi connectivity index (χ4n) is 2.09. The fourth-order valence-corrected chi connectivity index (χ4v) is 2.09. The molecular formula is C20H24N2O2. The van der Waals surface area contributed by atoms with Crippen LogP contribution in [0.2, 0.25) is 0 Å². The minimum Gasteiger partial charge on any atom is -0.326 e. The minimum atomic E-state index is -0.468. The summed E-state index contributed by atoms with van der Waals surface area (Å²) >= 11 is 0. The molecule has 24 heavy (non-hydrogen) atoms. The Hall–Kier alpha value is -2.62. The lowest BCUT2D eigenvalue weighted by Crippen LogP contribution is -2.27. The number of hydrogen-bond acceptors (Lipinski definition) is 2. The number of amides is 2. The molecule has 4 nitrogen and oxygen atoms in total. The van der Waals surface area contributed by atoms with Gasteiger partial charge in [-0.2, -0.15) is 0 Å². The van der Waals surface area contributed by atoms with E-state index in [-0.39, 0.29) is 11.8 Å². The average Bonchev–Trinajstić information content (AvgIpc) is 2.49. The molecule has 0 aromatic heterocycles. The number of aryl methyl sites for hydroxylation is 1. The predicted molar refractivity (Wildman–Crippen MR) is 98.0 cm³/mol. The highest BCUT2D eigenvalue weighted by molar-refractivity contribution is 5.96. The van der Waals surface area contributed by atoms with Gasteiger partial charge in [-0.15, -0.1) is 0 Å². The van der Waals surface area contributed by atoms with E-state index in [0.717, 1.165) is 5.56 Å². The first-order valence-electron chi connectivity index (χ1n) is 8.01. The molecule has 0 atom stereocenters. The molecule has 126 valence electrons. The van der Waals surface area contributed by atoms with Crippen molar-refractivity contribution in [3.05, 3.63) is 59.7 Å². The Morgan fingerprint density at radius 1 is 0.917 bits per heavy atom. The maximum absolute atomic E-state index is 12.2. The highest BCUT2D eigenvalue weighted by Gasteiger charge is 2.21. The summed E-state index contributed by atoms with van der Waals surface area (Å²) in [5, 5.41) is 5.73. The number of carbonyl (C=O) groups is 2. The van der Waals surface area contributed by atoms with Crippen molar-refractivity contribution in [1.29, 1.82) is 0 Å². The Kier molecular flexibility index (Phi) is 5.39. The lowest BCUT2D eigenvalue weighted by molar-refractivity contribution is -0.123. The van der Waals surface area contributed by atoms with E-state index >= 15 is 0 Å².